The average Bonchev–Trinajstić information content (AvgIpc) is 2.55. The highest BCUT2D eigenvalue weighted by Gasteiger charge is 2.10. The maximum Gasteiger partial charge on any atom is 0.189 e. The van der Waals surface area contributed by atoms with Gasteiger partial charge in [0.15, 0.2) is 5.43 Å². The lowest BCUT2D eigenvalue weighted by molar-refractivity contribution is 0.264. The third-order valence-electron chi connectivity index (χ3n) is 3.81. The molecule has 0 fully saturated rings. The molecule has 3 aromatic rings. The van der Waals surface area contributed by atoms with E-state index in [1.807, 2.05) is 48.1 Å². The number of pyridine rings is 1. The molecule has 0 saturated carbocycles. The summed E-state index contributed by atoms with van der Waals surface area (Å²) in [5.41, 5.74) is 1.87. The standard InChI is InChI=1S/C18H15BrCl2N2O/c1-22(10-12-4-2-7-15(20)17(12)21)11-23-9-8-16(24)13-5-3-6-14(19)18(13)23/h2-9H,10-11H2,1H3. The zero-order chi connectivity index (χ0) is 17.3. The molecule has 1 aromatic heterocycles. The quantitative estimate of drug-likeness (QED) is 0.576. The van der Waals surface area contributed by atoms with Crippen LogP contribution in [0.2, 0.25) is 10.0 Å². The molecule has 0 saturated heterocycles. The number of nitrogens with zero attached hydrogens (tertiary/aromatic N) is 2. The molecule has 3 rings (SSSR count). The van der Waals surface area contributed by atoms with E-state index in [0.29, 0.717) is 28.6 Å². The molecule has 0 N–H and O–H groups in total. The Hall–Kier alpha value is -1.33. The first-order chi connectivity index (χ1) is 11.5. The van der Waals surface area contributed by atoms with Crippen molar-refractivity contribution in [3.05, 3.63) is 79.0 Å². The Labute approximate surface area is 158 Å². The molecule has 6 heteroatoms. The Balaban J connectivity index is 1.91. The minimum atomic E-state index is 0.0167. The van der Waals surface area contributed by atoms with Gasteiger partial charge in [-0.25, -0.2) is 0 Å². The van der Waals surface area contributed by atoms with Crippen LogP contribution in [0, 0.1) is 0 Å². The summed E-state index contributed by atoms with van der Waals surface area (Å²) in [6, 6.07) is 12.9. The molecule has 124 valence electrons. The zero-order valence-corrected chi connectivity index (χ0v) is 16.1. The molecular weight excluding hydrogens is 411 g/mol. The molecule has 0 amide bonds. The van der Waals surface area contributed by atoms with Crippen molar-refractivity contribution < 1.29 is 0 Å². The summed E-state index contributed by atoms with van der Waals surface area (Å²) in [4.78, 5) is 14.2. The lowest BCUT2D eigenvalue weighted by Gasteiger charge is -2.21. The Bertz CT molecular complexity index is 955. The fraction of sp³-hybridized carbons (Fsp3) is 0.167. The van der Waals surface area contributed by atoms with Crippen molar-refractivity contribution in [2.24, 2.45) is 0 Å². The lowest BCUT2D eigenvalue weighted by Crippen LogP contribution is -2.23. The van der Waals surface area contributed by atoms with Crippen molar-refractivity contribution in [1.82, 2.24) is 9.47 Å². The third kappa shape index (κ3) is 3.52. The first-order valence-electron chi connectivity index (χ1n) is 7.36. The van der Waals surface area contributed by atoms with Gasteiger partial charge < -0.3 is 4.57 Å². The van der Waals surface area contributed by atoms with Gasteiger partial charge in [-0.3, -0.25) is 9.69 Å². The van der Waals surface area contributed by atoms with Crippen LogP contribution in [0.25, 0.3) is 10.9 Å². The molecule has 24 heavy (non-hydrogen) atoms. The molecule has 0 unspecified atom stereocenters. The van der Waals surface area contributed by atoms with E-state index in [2.05, 4.69) is 20.8 Å². The zero-order valence-electron chi connectivity index (χ0n) is 13.0. The molecular formula is C18H15BrCl2N2O. The maximum absolute atomic E-state index is 12.1. The van der Waals surface area contributed by atoms with Crippen LogP contribution in [-0.4, -0.2) is 16.5 Å². The Morgan fingerprint density at radius 3 is 2.67 bits per heavy atom. The van der Waals surface area contributed by atoms with Crippen molar-refractivity contribution in [2.45, 2.75) is 13.2 Å². The van der Waals surface area contributed by atoms with Crippen molar-refractivity contribution in [3.8, 4) is 0 Å². The normalized spacial score (nSPS) is 11.4. The minimum absolute atomic E-state index is 0.0167. The van der Waals surface area contributed by atoms with E-state index in [4.69, 9.17) is 23.2 Å². The monoisotopic (exact) mass is 424 g/mol. The fourth-order valence-corrected chi connectivity index (χ4v) is 3.69. The number of aromatic nitrogens is 1. The summed E-state index contributed by atoms with van der Waals surface area (Å²) in [5, 5.41) is 1.83. The number of hydrogen-bond donors (Lipinski definition) is 0. The second-order valence-corrected chi connectivity index (χ2v) is 7.29. The molecule has 0 aliphatic carbocycles. The Morgan fingerprint density at radius 2 is 1.88 bits per heavy atom. The highest BCUT2D eigenvalue weighted by molar-refractivity contribution is 9.10. The first kappa shape index (κ1) is 17.5. The summed E-state index contributed by atoms with van der Waals surface area (Å²) < 4.78 is 2.94. The number of hydrogen-bond acceptors (Lipinski definition) is 2. The van der Waals surface area contributed by atoms with E-state index in [1.165, 1.54) is 0 Å². The van der Waals surface area contributed by atoms with Crippen molar-refractivity contribution >= 4 is 50.0 Å². The van der Waals surface area contributed by atoms with Crippen LogP contribution in [0.15, 0.2) is 57.9 Å². The van der Waals surface area contributed by atoms with Gasteiger partial charge in [-0.15, -0.1) is 0 Å². The molecule has 0 aliphatic rings. The van der Waals surface area contributed by atoms with E-state index in [-0.39, 0.29) is 5.43 Å². The van der Waals surface area contributed by atoms with Gasteiger partial charge in [0, 0.05) is 28.7 Å². The van der Waals surface area contributed by atoms with Gasteiger partial charge in [0.25, 0.3) is 0 Å². The summed E-state index contributed by atoms with van der Waals surface area (Å²) >= 11 is 15.9. The molecule has 0 atom stereocenters. The maximum atomic E-state index is 12.1. The van der Waals surface area contributed by atoms with Crippen LogP contribution in [0.5, 0.6) is 0 Å². The number of halogens is 3. The average molecular weight is 426 g/mol. The van der Waals surface area contributed by atoms with E-state index in [1.54, 1.807) is 12.1 Å². The largest absolute Gasteiger partial charge is 0.333 e. The van der Waals surface area contributed by atoms with Crippen LogP contribution in [0.1, 0.15) is 5.56 Å². The van der Waals surface area contributed by atoms with Crippen LogP contribution in [-0.2, 0) is 13.2 Å². The fourth-order valence-electron chi connectivity index (χ4n) is 2.72. The molecule has 0 spiro atoms. The molecule has 3 nitrogen and oxygen atoms in total. The number of benzene rings is 2. The highest BCUT2D eigenvalue weighted by Crippen LogP contribution is 2.27. The number of fused-ring (bicyclic) bond motifs is 1. The van der Waals surface area contributed by atoms with Crippen LogP contribution < -0.4 is 5.43 Å². The van der Waals surface area contributed by atoms with Gasteiger partial charge in [0.1, 0.15) is 0 Å². The summed E-state index contributed by atoms with van der Waals surface area (Å²) in [7, 11) is 2.00. The summed E-state index contributed by atoms with van der Waals surface area (Å²) in [6.45, 7) is 1.26. The highest BCUT2D eigenvalue weighted by atomic mass is 79.9. The van der Waals surface area contributed by atoms with E-state index in [9.17, 15) is 4.79 Å². The van der Waals surface area contributed by atoms with Gasteiger partial charge in [-0.05, 0) is 46.7 Å². The predicted molar refractivity (Wildman–Crippen MR) is 104 cm³/mol. The van der Waals surface area contributed by atoms with Crippen molar-refractivity contribution in [2.75, 3.05) is 7.05 Å². The summed E-state index contributed by atoms with van der Waals surface area (Å²) in [5.74, 6) is 0. The van der Waals surface area contributed by atoms with Crippen LogP contribution in [0.4, 0.5) is 0 Å². The van der Waals surface area contributed by atoms with E-state index in [0.717, 1.165) is 15.6 Å². The third-order valence-corrected chi connectivity index (χ3v) is 5.31. The van der Waals surface area contributed by atoms with Gasteiger partial charge in [-0.2, -0.15) is 0 Å². The van der Waals surface area contributed by atoms with Crippen LogP contribution >= 0.6 is 39.1 Å². The lowest BCUT2D eigenvalue weighted by atomic mass is 10.2. The summed E-state index contributed by atoms with van der Waals surface area (Å²) in [6.07, 6.45) is 1.81. The first-order valence-corrected chi connectivity index (χ1v) is 8.91. The number of para-hydroxylation sites is 1. The second kappa shape index (κ2) is 7.28. The van der Waals surface area contributed by atoms with Gasteiger partial charge >= 0.3 is 0 Å². The van der Waals surface area contributed by atoms with Gasteiger partial charge in [0.05, 0.1) is 22.2 Å². The molecule has 0 radical (unpaired) electrons. The predicted octanol–water partition coefficient (Wildman–Crippen LogP) is 5.16. The van der Waals surface area contributed by atoms with E-state index >= 15 is 0 Å². The molecule has 2 aromatic carbocycles. The van der Waals surface area contributed by atoms with Crippen molar-refractivity contribution in [3.63, 3.8) is 0 Å². The topological polar surface area (TPSA) is 25.2 Å². The number of rotatable bonds is 4. The Morgan fingerprint density at radius 1 is 1.12 bits per heavy atom. The van der Waals surface area contributed by atoms with Gasteiger partial charge in [-0.1, -0.05) is 41.4 Å². The van der Waals surface area contributed by atoms with E-state index < -0.39 is 0 Å². The second-order valence-electron chi connectivity index (χ2n) is 5.65. The van der Waals surface area contributed by atoms with Gasteiger partial charge in [0.2, 0.25) is 0 Å². The van der Waals surface area contributed by atoms with Crippen LogP contribution in [0.3, 0.4) is 0 Å². The Kier molecular flexibility index (Phi) is 5.30. The molecule has 0 bridgehead atoms. The smallest absolute Gasteiger partial charge is 0.189 e. The molecule has 1 heterocycles. The minimum Gasteiger partial charge on any atom is -0.333 e. The van der Waals surface area contributed by atoms with Crippen molar-refractivity contribution in [1.29, 1.82) is 0 Å². The SMILES string of the molecule is CN(Cc1cccc(Cl)c1Cl)Cn1ccc(=O)c2cccc(Br)c21. The molecule has 0 aliphatic heterocycles.